The lowest BCUT2D eigenvalue weighted by Gasteiger charge is -2.32. The summed E-state index contributed by atoms with van der Waals surface area (Å²) in [4.78, 5) is 31.3. The lowest BCUT2D eigenvalue weighted by Crippen LogP contribution is -2.50. The summed E-state index contributed by atoms with van der Waals surface area (Å²) >= 11 is 12.2. The highest BCUT2D eigenvalue weighted by atomic mass is 35.5. The monoisotopic (exact) mass is 540 g/mol. The highest BCUT2D eigenvalue weighted by Gasteiger charge is 2.45. The number of aryl methyl sites for hydroxylation is 2. The number of Topliss-reactive ketones (excluding diaryl/α,β-unsaturated/α-hetero) is 1. The van der Waals surface area contributed by atoms with Crippen LogP contribution in [0.15, 0.2) is 48.5 Å². The fraction of sp³-hybridized carbons (Fsp3) is 0.483. The van der Waals surface area contributed by atoms with Crippen molar-refractivity contribution in [3.8, 4) is 6.07 Å². The molecule has 2 aromatic rings. The summed E-state index contributed by atoms with van der Waals surface area (Å²) in [6, 6.07) is 17.1. The largest absolute Gasteiger partial charge is 0.331 e. The number of ketones is 1. The van der Waals surface area contributed by atoms with Gasteiger partial charge in [-0.15, -0.1) is 0 Å². The van der Waals surface area contributed by atoms with Crippen molar-refractivity contribution in [1.82, 2.24) is 9.80 Å². The van der Waals surface area contributed by atoms with Crippen LogP contribution in [0.3, 0.4) is 0 Å². The first kappa shape index (κ1) is 27.6. The second-order valence-corrected chi connectivity index (χ2v) is 10.9. The van der Waals surface area contributed by atoms with Crippen LogP contribution >= 0.6 is 23.2 Å². The minimum atomic E-state index is -0.610. The molecule has 1 unspecified atom stereocenters. The lowest BCUT2D eigenvalue weighted by molar-refractivity contribution is -0.142. The summed E-state index contributed by atoms with van der Waals surface area (Å²) in [5, 5.41) is 10.2. The Morgan fingerprint density at radius 1 is 1.11 bits per heavy atom. The summed E-state index contributed by atoms with van der Waals surface area (Å²) in [6.45, 7) is 1.20. The second kappa shape index (κ2) is 12.9. The van der Waals surface area contributed by atoms with Gasteiger partial charge in [0.25, 0.3) is 0 Å². The van der Waals surface area contributed by atoms with Crippen LogP contribution < -0.4 is 5.73 Å². The summed E-state index contributed by atoms with van der Waals surface area (Å²) in [5.41, 5.74) is 8.52. The smallest absolute Gasteiger partial charge is 0.240 e. The van der Waals surface area contributed by atoms with Crippen molar-refractivity contribution in [2.75, 3.05) is 13.1 Å². The average molecular weight is 542 g/mol. The SMILES string of the molecule is N#CCC[C@H](C(=O)CCc1ccc(Cl)c(Cl)c1)N1CCC(CCc2ccccc2)N2C[C@H](N)C[C@H]2C1=O. The third-order valence-corrected chi connectivity index (χ3v) is 8.38. The van der Waals surface area contributed by atoms with Gasteiger partial charge in [-0.2, -0.15) is 5.26 Å². The molecule has 0 saturated carbocycles. The van der Waals surface area contributed by atoms with Gasteiger partial charge in [0.1, 0.15) is 0 Å². The number of fused-ring (bicyclic) bond motifs is 1. The second-order valence-electron chi connectivity index (χ2n) is 10.1. The topological polar surface area (TPSA) is 90.4 Å². The number of rotatable bonds is 10. The Labute approximate surface area is 229 Å². The molecule has 0 aromatic heterocycles. The van der Waals surface area contributed by atoms with Gasteiger partial charge in [0.05, 0.1) is 28.2 Å². The van der Waals surface area contributed by atoms with E-state index < -0.39 is 6.04 Å². The zero-order chi connectivity index (χ0) is 26.4. The molecule has 4 atom stereocenters. The predicted molar refractivity (Wildman–Crippen MR) is 146 cm³/mol. The third-order valence-electron chi connectivity index (χ3n) is 7.64. The van der Waals surface area contributed by atoms with Crippen molar-refractivity contribution in [3.63, 3.8) is 0 Å². The maximum Gasteiger partial charge on any atom is 0.240 e. The van der Waals surface area contributed by atoms with E-state index in [0.717, 1.165) is 24.8 Å². The lowest BCUT2D eigenvalue weighted by atomic mass is 9.97. The molecule has 0 spiro atoms. The van der Waals surface area contributed by atoms with E-state index in [4.69, 9.17) is 28.9 Å². The Hall–Kier alpha value is -2.43. The van der Waals surface area contributed by atoms with Crippen LogP contribution in [0.2, 0.25) is 10.0 Å². The molecule has 0 radical (unpaired) electrons. The molecular formula is C29H34Cl2N4O2. The van der Waals surface area contributed by atoms with Crippen LogP contribution in [-0.2, 0) is 22.4 Å². The number of halogens is 2. The molecule has 2 fully saturated rings. The molecule has 2 N–H and O–H groups in total. The first-order valence-electron chi connectivity index (χ1n) is 13.1. The Kier molecular flexibility index (Phi) is 9.61. The fourth-order valence-corrected chi connectivity index (χ4v) is 6.04. The van der Waals surface area contributed by atoms with E-state index in [1.807, 2.05) is 24.3 Å². The Morgan fingerprint density at radius 2 is 1.89 bits per heavy atom. The molecule has 4 rings (SSSR count). The molecule has 37 heavy (non-hydrogen) atoms. The number of carbonyl (C=O) groups excluding carboxylic acids is 2. The number of hydrogen-bond donors (Lipinski definition) is 1. The Balaban J connectivity index is 1.49. The van der Waals surface area contributed by atoms with E-state index in [1.165, 1.54) is 5.56 Å². The zero-order valence-electron chi connectivity index (χ0n) is 21.0. The molecule has 2 aromatic carbocycles. The highest BCUT2D eigenvalue weighted by Crippen LogP contribution is 2.31. The molecule has 6 nitrogen and oxygen atoms in total. The van der Waals surface area contributed by atoms with Gasteiger partial charge < -0.3 is 10.6 Å². The third kappa shape index (κ3) is 6.91. The molecule has 2 aliphatic heterocycles. The predicted octanol–water partition coefficient (Wildman–Crippen LogP) is 4.80. The van der Waals surface area contributed by atoms with Gasteiger partial charge in [0.2, 0.25) is 5.91 Å². The molecule has 0 bridgehead atoms. The van der Waals surface area contributed by atoms with Gasteiger partial charge in [0, 0.05) is 38.0 Å². The van der Waals surface area contributed by atoms with Crippen LogP contribution in [0.25, 0.3) is 0 Å². The van der Waals surface area contributed by atoms with Gasteiger partial charge in [0.15, 0.2) is 5.78 Å². The van der Waals surface area contributed by atoms with E-state index in [2.05, 4.69) is 23.1 Å². The number of benzene rings is 2. The molecule has 196 valence electrons. The van der Waals surface area contributed by atoms with Gasteiger partial charge in [-0.1, -0.05) is 59.6 Å². The van der Waals surface area contributed by atoms with Crippen molar-refractivity contribution in [2.45, 2.75) is 75.5 Å². The van der Waals surface area contributed by atoms with E-state index in [1.54, 1.807) is 17.0 Å². The number of amides is 1. The van der Waals surface area contributed by atoms with E-state index in [0.29, 0.717) is 42.4 Å². The van der Waals surface area contributed by atoms with Crippen molar-refractivity contribution >= 4 is 34.9 Å². The number of hydrogen-bond acceptors (Lipinski definition) is 5. The van der Waals surface area contributed by atoms with Gasteiger partial charge >= 0.3 is 0 Å². The Morgan fingerprint density at radius 3 is 2.62 bits per heavy atom. The molecule has 8 heteroatoms. The Bertz CT molecular complexity index is 1140. The first-order chi connectivity index (χ1) is 17.9. The standard InChI is InChI=1S/C29H34Cl2N4O2/c30-24-12-9-21(17-25(24)31)10-13-28(36)26(7-4-15-32)34-16-14-23(11-8-20-5-2-1-3-6-20)35-19-22(33)18-27(35)29(34)37/h1-3,5-6,9,12,17,22-23,26-27H,4,7-8,10-11,13-14,16,18-19,33H2/t22-,23?,26-,27+/m1/s1. The number of nitrogens with two attached hydrogens (primary N) is 1. The van der Waals surface area contributed by atoms with E-state index >= 15 is 0 Å². The van der Waals surface area contributed by atoms with Crippen molar-refractivity contribution < 1.29 is 9.59 Å². The quantitative estimate of drug-likeness (QED) is 0.467. The molecule has 2 aliphatic rings. The molecule has 0 aliphatic carbocycles. The summed E-state index contributed by atoms with van der Waals surface area (Å²) in [7, 11) is 0. The van der Waals surface area contributed by atoms with E-state index in [9.17, 15) is 14.9 Å². The number of nitriles is 1. The molecule has 2 saturated heterocycles. The highest BCUT2D eigenvalue weighted by molar-refractivity contribution is 6.42. The fourth-order valence-electron chi connectivity index (χ4n) is 5.72. The van der Waals surface area contributed by atoms with E-state index in [-0.39, 0.29) is 42.7 Å². The van der Waals surface area contributed by atoms with Crippen LogP contribution in [0, 0.1) is 11.3 Å². The minimum absolute atomic E-state index is 0.0220. The minimum Gasteiger partial charge on any atom is -0.331 e. The van der Waals surface area contributed by atoms with Gasteiger partial charge in [-0.25, -0.2) is 0 Å². The zero-order valence-corrected chi connectivity index (χ0v) is 22.5. The van der Waals surface area contributed by atoms with Crippen LogP contribution in [0.4, 0.5) is 0 Å². The molecule has 2 heterocycles. The van der Waals surface area contributed by atoms with Crippen molar-refractivity contribution in [2.24, 2.45) is 5.73 Å². The first-order valence-corrected chi connectivity index (χ1v) is 13.8. The van der Waals surface area contributed by atoms with Crippen LogP contribution in [0.1, 0.15) is 49.7 Å². The van der Waals surface area contributed by atoms with Gasteiger partial charge in [-0.3, -0.25) is 14.5 Å². The molecular weight excluding hydrogens is 507 g/mol. The number of nitrogens with zero attached hydrogens (tertiary/aromatic N) is 3. The van der Waals surface area contributed by atoms with Gasteiger partial charge in [-0.05, 0) is 61.8 Å². The molecule has 1 amide bonds. The van der Waals surface area contributed by atoms with Crippen molar-refractivity contribution in [1.29, 1.82) is 5.26 Å². The maximum absolute atomic E-state index is 13.8. The number of carbonyl (C=O) groups is 2. The average Bonchev–Trinajstić information content (AvgIpc) is 3.24. The van der Waals surface area contributed by atoms with Crippen LogP contribution in [0.5, 0.6) is 0 Å². The summed E-state index contributed by atoms with van der Waals surface area (Å²) in [6.07, 6.45) is 4.57. The summed E-state index contributed by atoms with van der Waals surface area (Å²) < 4.78 is 0. The summed E-state index contributed by atoms with van der Waals surface area (Å²) in [5.74, 6) is -0.0489. The van der Waals surface area contributed by atoms with Crippen LogP contribution in [-0.4, -0.2) is 58.7 Å². The normalized spacial score (nSPS) is 22.8. The van der Waals surface area contributed by atoms with Crippen molar-refractivity contribution in [3.05, 3.63) is 69.7 Å². The maximum atomic E-state index is 13.8.